The van der Waals surface area contributed by atoms with Crippen LogP contribution in [0, 0.1) is 6.92 Å². The molecule has 7 heteroatoms. The largest absolute Gasteiger partial charge is 0.455 e. The van der Waals surface area contributed by atoms with Gasteiger partial charge in [0.25, 0.3) is 5.91 Å². The van der Waals surface area contributed by atoms with Crippen LogP contribution >= 0.6 is 0 Å². The number of aryl methyl sites for hydroxylation is 1. The van der Waals surface area contributed by atoms with Gasteiger partial charge in [-0.15, -0.1) is 0 Å². The molecule has 2 heterocycles. The van der Waals surface area contributed by atoms with Crippen molar-refractivity contribution in [2.75, 3.05) is 20.1 Å². The van der Waals surface area contributed by atoms with E-state index in [9.17, 15) is 13.2 Å². The van der Waals surface area contributed by atoms with E-state index in [1.807, 2.05) is 13.8 Å². The Balaban J connectivity index is 2.33. The summed E-state index contributed by atoms with van der Waals surface area (Å²) in [6.45, 7) is 6.41. The number of carbonyl (C=O) groups excluding carboxylic acids is 1. The SMILES string of the molecule is Cc1oc(C(=O)N(C)C(C)C)cc1S(=O)(=O)N1CCCC1. The lowest BCUT2D eigenvalue weighted by Crippen LogP contribution is -2.32. The van der Waals surface area contributed by atoms with Gasteiger partial charge >= 0.3 is 0 Å². The molecule has 0 aliphatic carbocycles. The molecule has 1 aromatic rings. The average Bonchev–Trinajstić information content (AvgIpc) is 3.06. The molecule has 2 rings (SSSR count). The first-order chi connectivity index (χ1) is 9.75. The number of hydrogen-bond acceptors (Lipinski definition) is 4. The van der Waals surface area contributed by atoms with Crippen LogP contribution in [0.4, 0.5) is 0 Å². The highest BCUT2D eigenvalue weighted by atomic mass is 32.2. The first kappa shape index (κ1) is 16.0. The highest BCUT2D eigenvalue weighted by molar-refractivity contribution is 7.89. The Bertz CT molecular complexity index is 627. The van der Waals surface area contributed by atoms with E-state index < -0.39 is 10.0 Å². The number of nitrogens with zero attached hydrogens (tertiary/aromatic N) is 2. The lowest BCUT2D eigenvalue weighted by Gasteiger charge is -2.19. The highest BCUT2D eigenvalue weighted by Gasteiger charge is 2.32. The molecule has 0 bridgehead atoms. The van der Waals surface area contributed by atoms with Crippen molar-refractivity contribution in [1.82, 2.24) is 9.21 Å². The van der Waals surface area contributed by atoms with Crippen molar-refractivity contribution in [3.05, 3.63) is 17.6 Å². The molecule has 118 valence electrons. The highest BCUT2D eigenvalue weighted by Crippen LogP contribution is 2.27. The number of carbonyl (C=O) groups is 1. The fourth-order valence-corrected chi connectivity index (χ4v) is 3.98. The zero-order chi connectivity index (χ0) is 15.8. The van der Waals surface area contributed by atoms with Gasteiger partial charge in [0, 0.05) is 32.2 Å². The van der Waals surface area contributed by atoms with E-state index >= 15 is 0 Å². The molecule has 6 nitrogen and oxygen atoms in total. The van der Waals surface area contributed by atoms with Crippen LogP contribution in [-0.2, 0) is 10.0 Å². The Hall–Kier alpha value is -1.34. The quantitative estimate of drug-likeness (QED) is 0.850. The van der Waals surface area contributed by atoms with E-state index in [1.165, 1.54) is 15.3 Å². The standard InChI is InChI=1S/C14H22N2O4S/c1-10(2)15(4)14(17)12-9-13(11(3)20-12)21(18,19)16-7-5-6-8-16/h9-10H,5-8H2,1-4H3. The van der Waals surface area contributed by atoms with Gasteiger partial charge in [-0.2, -0.15) is 4.31 Å². The zero-order valence-corrected chi connectivity index (χ0v) is 13.7. The minimum absolute atomic E-state index is 0.0153. The van der Waals surface area contributed by atoms with Gasteiger partial charge < -0.3 is 9.32 Å². The van der Waals surface area contributed by atoms with E-state index in [2.05, 4.69) is 0 Å². The third-order valence-electron chi connectivity index (χ3n) is 3.86. The molecule has 0 N–H and O–H groups in total. The van der Waals surface area contributed by atoms with Gasteiger partial charge in [-0.3, -0.25) is 4.79 Å². The number of rotatable bonds is 4. The van der Waals surface area contributed by atoms with Gasteiger partial charge in [-0.05, 0) is 33.6 Å². The topological polar surface area (TPSA) is 70.8 Å². The monoisotopic (exact) mass is 314 g/mol. The normalized spacial score (nSPS) is 16.6. The average molecular weight is 314 g/mol. The number of amides is 1. The summed E-state index contributed by atoms with van der Waals surface area (Å²) < 4.78 is 31.9. The van der Waals surface area contributed by atoms with Crippen LogP contribution in [0.5, 0.6) is 0 Å². The van der Waals surface area contributed by atoms with Gasteiger partial charge in [0.1, 0.15) is 10.7 Å². The number of furan rings is 1. The predicted molar refractivity (Wildman–Crippen MR) is 78.7 cm³/mol. The summed E-state index contributed by atoms with van der Waals surface area (Å²) >= 11 is 0. The summed E-state index contributed by atoms with van der Waals surface area (Å²) in [7, 11) is -1.89. The molecule has 21 heavy (non-hydrogen) atoms. The summed E-state index contributed by atoms with van der Waals surface area (Å²) in [4.78, 5) is 13.8. The van der Waals surface area contributed by atoms with Crippen LogP contribution in [0.25, 0.3) is 0 Å². The lowest BCUT2D eigenvalue weighted by molar-refractivity contribution is 0.0721. The summed E-state index contributed by atoms with van der Waals surface area (Å²) in [6, 6.07) is 1.37. The molecule has 0 saturated carbocycles. The van der Waals surface area contributed by atoms with E-state index in [-0.39, 0.29) is 28.4 Å². The molecule has 0 unspecified atom stereocenters. The number of sulfonamides is 1. The predicted octanol–water partition coefficient (Wildman–Crippen LogP) is 1.85. The molecule has 0 radical (unpaired) electrons. The number of hydrogen-bond donors (Lipinski definition) is 0. The molecule has 1 aromatic heterocycles. The zero-order valence-electron chi connectivity index (χ0n) is 12.9. The maximum absolute atomic E-state index is 12.5. The third kappa shape index (κ3) is 2.98. The van der Waals surface area contributed by atoms with E-state index in [0.717, 1.165) is 12.8 Å². The van der Waals surface area contributed by atoms with Gasteiger partial charge in [-0.1, -0.05) is 0 Å². The first-order valence-electron chi connectivity index (χ1n) is 7.13. The maximum Gasteiger partial charge on any atom is 0.289 e. The Morgan fingerprint density at radius 2 is 1.90 bits per heavy atom. The Morgan fingerprint density at radius 1 is 1.33 bits per heavy atom. The molecule has 1 fully saturated rings. The maximum atomic E-state index is 12.5. The van der Waals surface area contributed by atoms with Crippen LogP contribution in [0.15, 0.2) is 15.4 Å². The second-order valence-electron chi connectivity index (χ2n) is 5.65. The molecular weight excluding hydrogens is 292 g/mol. The fourth-order valence-electron chi connectivity index (χ4n) is 2.30. The fraction of sp³-hybridized carbons (Fsp3) is 0.643. The van der Waals surface area contributed by atoms with Crippen molar-refractivity contribution in [3.8, 4) is 0 Å². The van der Waals surface area contributed by atoms with Crippen molar-refractivity contribution in [1.29, 1.82) is 0 Å². The van der Waals surface area contributed by atoms with Gasteiger partial charge in [0.2, 0.25) is 10.0 Å². The minimum Gasteiger partial charge on any atom is -0.455 e. The van der Waals surface area contributed by atoms with E-state index in [0.29, 0.717) is 13.1 Å². The van der Waals surface area contributed by atoms with Crippen molar-refractivity contribution in [3.63, 3.8) is 0 Å². The smallest absolute Gasteiger partial charge is 0.289 e. The van der Waals surface area contributed by atoms with E-state index in [4.69, 9.17) is 4.42 Å². The van der Waals surface area contributed by atoms with Crippen LogP contribution in [0.2, 0.25) is 0 Å². The lowest BCUT2D eigenvalue weighted by atomic mass is 10.3. The molecule has 0 spiro atoms. The second kappa shape index (κ2) is 5.81. The van der Waals surface area contributed by atoms with Crippen molar-refractivity contribution in [2.24, 2.45) is 0 Å². The molecular formula is C14H22N2O4S. The van der Waals surface area contributed by atoms with Crippen molar-refractivity contribution >= 4 is 15.9 Å². The van der Waals surface area contributed by atoms with Gasteiger partial charge in [0.15, 0.2) is 5.76 Å². The summed E-state index contributed by atoms with van der Waals surface area (Å²) in [5, 5.41) is 0. The first-order valence-corrected chi connectivity index (χ1v) is 8.57. The molecule has 1 aliphatic heterocycles. The Morgan fingerprint density at radius 3 is 2.43 bits per heavy atom. The molecule has 1 saturated heterocycles. The Labute approximate surface area is 125 Å². The molecule has 0 aromatic carbocycles. The molecule has 1 amide bonds. The van der Waals surface area contributed by atoms with Gasteiger partial charge in [0.05, 0.1) is 0 Å². The third-order valence-corrected chi connectivity index (χ3v) is 5.87. The van der Waals surface area contributed by atoms with Gasteiger partial charge in [-0.25, -0.2) is 8.42 Å². The van der Waals surface area contributed by atoms with Crippen LogP contribution < -0.4 is 0 Å². The van der Waals surface area contributed by atoms with Crippen molar-refractivity contribution in [2.45, 2.75) is 44.6 Å². The molecule has 0 atom stereocenters. The van der Waals surface area contributed by atoms with Crippen LogP contribution in [0.1, 0.15) is 43.0 Å². The van der Waals surface area contributed by atoms with E-state index in [1.54, 1.807) is 14.0 Å². The van der Waals surface area contributed by atoms with Crippen LogP contribution in [-0.4, -0.2) is 49.7 Å². The van der Waals surface area contributed by atoms with Crippen molar-refractivity contribution < 1.29 is 17.6 Å². The summed E-state index contributed by atoms with van der Waals surface area (Å²) in [6.07, 6.45) is 1.75. The van der Waals surface area contributed by atoms with Crippen LogP contribution in [0.3, 0.4) is 0 Å². The second-order valence-corrected chi connectivity index (χ2v) is 7.56. The molecule has 1 aliphatic rings. The Kier molecular flexibility index (Phi) is 4.43. The summed E-state index contributed by atoms with van der Waals surface area (Å²) in [5.74, 6) is 0.0276. The minimum atomic E-state index is -3.56. The summed E-state index contributed by atoms with van der Waals surface area (Å²) in [5.41, 5.74) is 0.